The lowest BCUT2D eigenvalue weighted by molar-refractivity contribution is 1.08. The van der Waals surface area contributed by atoms with Crippen LogP contribution in [0, 0.1) is 0 Å². The Balaban J connectivity index is 1.80. The van der Waals surface area contributed by atoms with Crippen LogP contribution in [0.3, 0.4) is 0 Å². The Labute approximate surface area is 116 Å². The van der Waals surface area contributed by atoms with Gasteiger partial charge in [0.05, 0.1) is 11.6 Å². The fourth-order valence-electron chi connectivity index (χ4n) is 2.07. The molecule has 1 aromatic carbocycles. The highest BCUT2D eigenvalue weighted by atomic mass is 15.2. The molecule has 0 saturated heterocycles. The molecule has 0 aliphatic carbocycles. The van der Waals surface area contributed by atoms with E-state index in [0.29, 0.717) is 18.0 Å². The molecule has 0 aliphatic rings. The molecule has 0 amide bonds. The van der Waals surface area contributed by atoms with E-state index in [1.807, 2.05) is 0 Å². The number of hydrogen-bond acceptors (Lipinski definition) is 5. The van der Waals surface area contributed by atoms with Crippen LogP contribution >= 0.6 is 0 Å². The van der Waals surface area contributed by atoms with E-state index in [4.69, 9.17) is 5.73 Å². The van der Waals surface area contributed by atoms with Crippen molar-refractivity contribution in [3.63, 3.8) is 0 Å². The zero-order valence-electron chi connectivity index (χ0n) is 11.2. The third-order valence-electron chi connectivity index (χ3n) is 3.22. The van der Waals surface area contributed by atoms with Gasteiger partial charge in [-0.25, -0.2) is 0 Å². The lowest BCUT2D eigenvalue weighted by atomic mass is 10.1. The van der Waals surface area contributed by atoms with E-state index in [1.54, 1.807) is 6.20 Å². The highest BCUT2D eigenvalue weighted by Gasteiger charge is 2.07. The zero-order valence-corrected chi connectivity index (χ0v) is 11.2. The molecule has 0 unspecified atom stereocenters. The standard InChI is InChI=1S/C14H16N6/c1-2-9-3-5-10(6-4-9)7-16-12-11-8-17-20-13(11)19-14(15)18-12/h3-6,8H,2,7H2,1H3,(H4,15,16,17,18,19,20). The quantitative estimate of drug-likeness (QED) is 0.674. The SMILES string of the molecule is CCc1ccc(CNc2nc(N)nc3[nH]ncc23)cc1. The van der Waals surface area contributed by atoms with Gasteiger partial charge in [0.25, 0.3) is 0 Å². The molecule has 6 heteroatoms. The minimum absolute atomic E-state index is 0.227. The summed E-state index contributed by atoms with van der Waals surface area (Å²) in [6.45, 7) is 2.83. The Hall–Kier alpha value is -2.63. The van der Waals surface area contributed by atoms with Crippen LogP contribution in [-0.2, 0) is 13.0 Å². The van der Waals surface area contributed by atoms with E-state index in [9.17, 15) is 0 Å². The number of rotatable bonds is 4. The maximum absolute atomic E-state index is 5.68. The highest BCUT2D eigenvalue weighted by Crippen LogP contribution is 2.19. The molecular weight excluding hydrogens is 252 g/mol. The van der Waals surface area contributed by atoms with Crippen LogP contribution in [0.1, 0.15) is 18.1 Å². The Morgan fingerprint density at radius 3 is 2.65 bits per heavy atom. The normalized spacial score (nSPS) is 10.8. The molecule has 2 heterocycles. The maximum atomic E-state index is 5.68. The largest absolute Gasteiger partial charge is 0.368 e. The number of nitrogens with one attached hydrogen (secondary N) is 2. The lowest BCUT2D eigenvalue weighted by Gasteiger charge is -2.07. The van der Waals surface area contributed by atoms with Gasteiger partial charge in [-0.15, -0.1) is 0 Å². The summed E-state index contributed by atoms with van der Waals surface area (Å²) in [7, 11) is 0. The molecule has 102 valence electrons. The minimum Gasteiger partial charge on any atom is -0.368 e. The minimum atomic E-state index is 0.227. The summed E-state index contributed by atoms with van der Waals surface area (Å²) in [6, 6.07) is 8.50. The molecule has 0 aliphatic heterocycles. The summed E-state index contributed by atoms with van der Waals surface area (Å²) in [4.78, 5) is 8.30. The van der Waals surface area contributed by atoms with Crippen molar-refractivity contribution >= 4 is 22.8 Å². The second-order valence-electron chi connectivity index (χ2n) is 4.59. The van der Waals surface area contributed by atoms with Crippen molar-refractivity contribution in [2.45, 2.75) is 19.9 Å². The average Bonchev–Trinajstić information content (AvgIpc) is 2.93. The van der Waals surface area contributed by atoms with Crippen LogP contribution in [0.4, 0.5) is 11.8 Å². The van der Waals surface area contributed by atoms with Crippen molar-refractivity contribution in [3.05, 3.63) is 41.6 Å². The van der Waals surface area contributed by atoms with Crippen molar-refractivity contribution in [3.8, 4) is 0 Å². The topological polar surface area (TPSA) is 92.5 Å². The van der Waals surface area contributed by atoms with Crippen molar-refractivity contribution in [1.82, 2.24) is 20.2 Å². The van der Waals surface area contributed by atoms with E-state index in [-0.39, 0.29) is 5.95 Å². The average molecular weight is 268 g/mol. The summed E-state index contributed by atoms with van der Waals surface area (Å²) in [5.41, 5.74) is 8.84. The highest BCUT2D eigenvalue weighted by molar-refractivity contribution is 5.86. The molecule has 0 bridgehead atoms. The Morgan fingerprint density at radius 1 is 1.15 bits per heavy atom. The first-order valence-corrected chi connectivity index (χ1v) is 6.54. The van der Waals surface area contributed by atoms with E-state index >= 15 is 0 Å². The van der Waals surface area contributed by atoms with Crippen molar-refractivity contribution in [1.29, 1.82) is 0 Å². The van der Waals surface area contributed by atoms with E-state index in [1.165, 1.54) is 11.1 Å². The molecule has 0 atom stereocenters. The summed E-state index contributed by atoms with van der Waals surface area (Å²) < 4.78 is 0. The van der Waals surface area contributed by atoms with Crippen LogP contribution in [-0.4, -0.2) is 20.2 Å². The first-order chi connectivity index (χ1) is 9.76. The molecule has 3 rings (SSSR count). The van der Waals surface area contributed by atoms with E-state index in [2.05, 4.69) is 56.7 Å². The van der Waals surface area contributed by atoms with Crippen molar-refractivity contribution in [2.75, 3.05) is 11.1 Å². The van der Waals surface area contributed by atoms with Crippen LogP contribution in [0.25, 0.3) is 11.0 Å². The fourth-order valence-corrected chi connectivity index (χ4v) is 2.07. The molecule has 20 heavy (non-hydrogen) atoms. The Kier molecular flexibility index (Phi) is 3.20. The number of anilines is 2. The second kappa shape index (κ2) is 5.16. The van der Waals surface area contributed by atoms with Gasteiger partial charge in [0.1, 0.15) is 5.82 Å². The van der Waals surface area contributed by atoms with Crippen LogP contribution in [0.15, 0.2) is 30.5 Å². The van der Waals surface area contributed by atoms with Crippen LogP contribution in [0.2, 0.25) is 0 Å². The van der Waals surface area contributed by atoms with Crippen molar-refractivity contribution in [2.24, 2.45) is 0 Å². The number of aromatic amines is 1. The molecule has 0 saturated carbocycles. The number of nitrogens with two attached hydrogens (primary N) is 1. The molecule has 3 aromatic rings. The van der Waals surface area contributed by atoms with Crippen molar-refractivity contribution < 1.29 is 0 Å². The van der Waals surface area contributed by atoms with Gasteiger partial charge < -0.3 is 11.1 Å². The third kappa shape index (κ3) is 2.40. The predicted molar refractivity (Wildman–Crippen MR) is 79.2 cm³/mol. The Morgan fingerprint density at radius 2 is 1.90 bits per heavy atom. The lowest BCUT2D eigenvalue weighted by Crippen LogP contribution is -2.05. The molecule has 0 radical (unpaired) electrons. The monoisotopic (exact) mass is 268 g/mol. The number of H-pyrrole nitrogens is 1. The summed E-state index contributed by atoms with van der Waals surface area (Å²) >= 11 is 0. The Bertz CT molecular complexity index is 716. The smallest absolute Gasteiger partial charge is 0.224 e. The summed E-state index contributed by atoms with van der Waals surface area (Å²) in [5.74, 6) is 0.923. The molecule has 2 aromatic heterocycles. The summed E-state index contributed by atoms with van der Waals surface area (Å²) in [5, 5.41) is 10.9. The number of nitrogen functional groups attached to an aromatic ring is 1. The number of aromatic nitrogens is 4. The number of nitrogens with zero attached hydrogens (tertiary/aromatic N) is 3. The van der Waals surface area contributed by atoms with Gasteiger partial charge in [-0.05, 0) is 17.5 Å². The number of aryl methyl sites for hydroxylation is 1. The van der Waals surface area contributed by atoms with E-state index in [0.717, 1.165) is 11.8 Å². The molecule has 6 nitrogen and oxygen atoms in total. The van der Waals surface area contributed by atoms with Gasteiger partial charge >= 0.3 is 0 Å². The first kappa shape index (κ1) is 12.4. The number of hydrogen-bond donors (Lipinski definition) is 3. The second-order valence-corrected chi connectivity index (χ2v) is 4.59. The zero-order chi connectivity index (χ0) is 13.9. The predicted octanol–water partition coefficient (Wildman–Crippen LogP) is 2.11. The van der Waals surface area contributed by atoms with Gasteiger partial charge in [-0.1, -0.05) is 31.2 Å². The van der Waals surface area contributed by atoms with Gasteiger partial charge in [-0.2, -0.15) is 15.1 Å². The molecule has 0 fully saturated rings. The van der Waals surface area contributed by atoms with Gasteiger partial charge in [0.15, 0.2) is 5.65 Å². The van der Waals surface area contributed by atoms with Gasteiger partial charge in [0.2, 0.25) is 5.95 Å². The fraction of sp³-hybridized carbons (Fsp3) is 0.214. The van der Waals surface area contributed by atoms with Gasteiger partial charge in [-0.3, -0.25) is 5.10 Å². The van der Waals surface area contributed by atoms with Gasteiger partial charge in [0, 0.05) is 6.54 Å². The molecule has 4 N–H and O–H groups in total. The van der Waals surface area contributed by atoms with Crippen LogP contribution in [0.5, 0.6) is 0 Å². The van der Waals surface area contributed by atoms with E-state index < -0.39 is 0 Å². The molecule has 0 spiro atoms. The summed E-state index contributed by atoms with van der Waals surface area (Å²) in [6.07, 6.45) is 2.74. The first-order valence-electron chi connectivity index (χ1n) is 6.54. The maximum Gasteiger partial charge on any atom is 0.224 e. The van der Waals surface area contributed by atoms with Crippen LogP contribution < -0.4 is 11.1 Å². The third-order valence-corrected chi connectivity index (χ3v) is 3.22. The number of fused-ring (bicyclic) bond motifs is 1. The number of benzene rings is 1. The molecular formula is C14H16N6.